The second-order valence-electron chi connectivity index (χ2n) is 6.69. The highest BCUT2D eigenvalue weighted by atomic mass is 16.4. The van der Waals surface area contributed by atoms with Gasteiger partial charge in [-0.15, -0.1) is 0 Å². The zero-order valence-electron chi connectivity index (χ0n) is 13.7. The minimum absolute atomic E-state index is 0.0135. The fourth-order valence-corrected chi connectivity index (χ4v) is 3.91. The SMILES string of the molecule is O=C(O)[C@@H](c1cccc(O)c1)N1CCN(C2CCCCC2)C(=O)C1. The molecular weight excluding hydrogens is 308 g/mol. The highest BCUT2D eigenvalue weighted by molar-refractivity contribution is 5.82. The maximum absolute atomic E-state index is 12.6. The van der Waals surface area contributed by atoms with Crippen LogP contribution in [0.2, 0.25) is 0 Å². The molecule has 2 aliphatic rings. The van der Waals surface area contributed by atoms with Gasteiger partial charge in [0.1, 0.15) is 11.8 Å². The van der Waals surface area contributed by atoms with Gasteiger partial charge in [-0.3, -0.25) is 14.5 Å². The summed E-state index contributed by atoms with van der Waals surface area (Å²) in [7, 11) is 0. The summed E-state index contributed by atoms with van der Waals surface area (Å²) >= 11 is 0. The molecule has 2 fully saturated rings. The van der Waals surface area contributed by atoms with Gasteiger partial charge in [-0.25, -0.2) is 0 Å². The van der Waals surface area contributed by atoms with Crippen LogP contribution in [0.25, 0.3) is 0 Å². The lowest BCUT2D eigenvalue weighted by Gasteiger charge is -2.42. The molecule has 2 N–H and O–H groups in total. The first kappa shape index (κ1) is 16.8. The second-order valence-corrected chi connectivity index (χ2v) is 6.69. The first-order chi connectivity index (χ1) is 11.6. The number of phenols is 1. The van der Waals surface area contributed by atoms with E-state index >= 15 is 0 Å². The Morgan fingerprint density at radius 2 is 1.92 bits per heavy atom. The number of rotatable bonds is 4. The summed E-state index contributed by atoms with van der Waals surface area (Å²) in [6, 6.07) is 5.68. The molecule has 1 aliphatic carbocycles. The summed E-state index contributed by atoms with van der Waals surface area (Å²) in [6.45, 7) is 1.23. The predicted octanol–water partition coefficient (Wildman–Crippen LogP) is 1.99. The molecular formula is C18H24N2O4. The van der Waals surface area contributed by atoms with Gasteiger partial charge in [-0.1, -0.05) is 31.4 Å². The van der Waals surface area contributed by atoms with Crippen molar-refractivity contribution in [1.82, 2.24) is 9.80 Å². The van der Waals surface area contributed by atoms with Gasteiger partial charge in [0.2, 0.25) is 5.91 Å². The molecule has 6 nitrogen and oxygen atoms in total. The first-order valence-electron chi connectivity index (χ1n) is 8.61. The number of amides is 1. The molecule has 1 aromatic carbocycles. The molecule has 1 aromatic rings. The maximum atomic E-state index is 12.6. The zero-order chi connectivity index (χ0) is 17.1. The van der Waals surface area contributed by atoms with Crippen molar-refractivity contribution >= 4 is 11.9 Å². The van der Waals surface area contributed by atoms with E-state index in [1.807, 2.05) is 4.90 Å². The van der Waals surface area contributed by atoms with Crippen LogP contribution in [-0.4, -0.2) is 57.6 Å². The molecule has 1 saturated carbocycles. The van der Waals surface area contributed by atoms with Crippen LogP contribution in [0, 0.1) is 0 Å². The van der Waals surface area contributed by atoms with E-state index in [0.717, 1.165) is 12.8 Å². The lowest BCUT2D eigenvalue weighted by Crippen LogP contribution is -2.55. The molecule has 0 aromatic heterocycles. The Hall–Kier alpha value is -2.08. The van der Waals surface area contributed by atoms with E-state index in [1.54, 1.807) is 17.0 Å². The summed E-state index contributed by atoms with van der Waals surface area (Å²) < 4.78 is 0. The fraction of sp³-hybridized carbons (Fsp3) is 0.556. The number of benzene rings is 1. The van der Waals surface area contributed by atoms with E-state index < -0.39 is 12.0 Å². The van der Waals surface area contributed by atoms with Gasteiger partial charge in [0.25, 0.3) is 0 Å². The van der Waals surface area contributed by atoms with Crippen LogP contribution >= 0.6 is 0 Å². The molecule has 0 spiro atoms. The number of carboxylic acid groups (broad SMARTS) is 1. The standard InChI is InChI=1S/C18H24N2O4/c21-15-8-4-5-13(11-15)17(18(23)24)19-9-10-20(16(22)12-19)14-6-2-1-3-7-14/h4-5,8,11,14,17,21H,1-3,6-7,9-10,12H2,(H,23,24)/t17-/m1/s1. The third kappa shape index (κ3) is 3.53. The number of phenolic OH excluding ortho intramolecular Hbond substituents is 1. The molecule has 0 unspecified atom stereocenters. The summed E-state index contributed by atoms with van der Waals surface area (Å²) in [6.07, 6.45) is 5.68. The number of carbonyl (C=O) groups is 2. The van der Waals surface area contributed by atoms with Gasteiger partial charge in [0.15, 0.2) is 0 Å². The number of aliphatic carboxylic acids is 1. The van der Waals surface area contributed by atoms with Crippen molar-refractivity contribution in [3.05, 3.63) is 29.8 Å². The summed E-state index contributed by atoms with van der Waals surface area (Å²) in [5, 5.41) is 19.2. The Kier molecular flexibility index (Phi) is 5.04. The Morgan fingerprint density at radius 3 is 2.54 bits per heavy atom. The highest BCUT2D eigenvalue weighted by Gasteiger charge is 2.36. The molecule has 3 rings (SSSR count). The van der Waals surface area contributed by atoms with Crippen molar-refractivity contribution in [3.8, 4) is 5.75 Å². The van der Waals surface area contributed by atoms with Gasteiger partial charge in [0.05, 0.1) is 6.54 Å². The molecule has 0 bridgehead atoms. The van der Waals surface area contributed by atoms with E-state index in [1.165, 1.54) is 31.4 Å². The lowest BCUT2D eigenvalue weighted by molar-refractivity contribution is -0.149. The molecule has 1 aliphatic heterocycles. The number of carboxylic acids is 1. The smallest absolute Gasteiger partial charge is 0.325 e. The van der Waals surface area contributed by atoms with E-state index in [2.05, 4.69) is 0 Å². The molecule has 130 valence electrons. The first-order valence-corrected chi connectivity index (χ1v) is 8.61. The van der Waals surface area contributed by atoms with Gasteiger partial charge in [0, 0.05) is 19.1 Å². The van der Waals surface area contributed by atoms with Crippen molar-refractivity contribution in [1.29, 1.82) is 0 Å². The van der Waals surface area contributed by atoms with E-state index in [4.69, 9.17) is 0 Å². The average molecular weight is 332 g/mol. The molecule has 1 heterocycles. The second kappa shape index (κ2) is 7.21. The van der Waals surface area contributed by atoms with Crippen LogP contribution in [0.15, 0.2) is 24.3 Å². The fourth-order valence-electron chi connectivity index (χ4n) is 3.91. The van der Waals surface area contributed by atoms with Crippen molar-refractivity contribution in [2.24, 2.45) is 0 Å². The normalized spacial score (nSPS) is 21.7. The van der Waals surface area contributed by atoms with Gasteiger partial charge in [-0.2, -0.15) is 0 Å². The Morgan fingerprint density at radius 1 is 1.17 bits per heavy atom. The van der Waals surface area contributed by atoms with Crippen LogP contribution in [0.3, 0.4) is 0 Å². The van der Waals surface area contributed by atoms with Crippen molar-refractivity contribution in [2.45, 2.75) is 44.2 Å². The number of carbonyl (C=O) groups excluding carboxylic acids is 1. The van der Waals surface area contributed by atoms with Crippen molar-refractivity contribution < 1.29 is 19.8 Å². The molecule has 1 saturated heterocycles. The number of hydrogen-bond donors (Lipinski definition) is 2. The summed E-state index contributed by atoms with van der Waals surface area (Å²) in [4.78, 5) is 28.0. The molecule has 1 amide bonds. The largest absolute Gasteiger partial charge is 0.508 e. The molecule has 24 heavy (non-hydrogen) atoms. The molecule has 6 heteroatoms. The quantitative estimate of drug-likeness (QED) is 0.881. The Balaban J connectivity index is 1.72. The number of piperazine rings is 1. The number of nitrogens with zero attached hydrogens (tertiary/aromatic N) is 2. The highest BCUT2D eigenvalue weighted by Crippen LogP contribution is 2.28. The van der Waals surface area contributed by atoms with E-state index in [0.29, 0.717) is 24.7 Å². The van der Waals surface area contributed by atoms with Gasteiger partial charge < -0.3 is 15.1 Å². The van der Waals surface area contributed by atoms with E-state index in [9.17, 15) is 19.8 Å². The van der Waals surface area contributed by atoms with Crippen LogP contribution < -0.4 is 0 Å². The molecule has 0 radical (unpaired) electrons. The Labute approximate surface area is 141 Å². The van der Waals surface area contributed by atoms with Crippen molar-refractivity contribution in [3.63, 3.8) is 0 Å². The third-order valence-corrected chi connectivity index (χ3v) is 5.09. The van der Waals surface area contributed by atoms with Crippen molar-refractivity contribution in [2.75, 3.05) is 19.6 Å². The minimum atomic E-state index is -1.00. The number of hydrogen-bond acceptors (Lipinski definition) is 4. The third-order valence-electron chi connectivity index (χ3n) is 5.09. The molecule has 1 atom stereocenters. The maximum Gasteiger partial charge on any atom is 0.325 e. The monoisotopic (exact) mass is 332 g/mol. The van der Waals surface area contributed by atoms with E-state index in [-0.39, 0.29) is 18.2 Å². The van der Waals surface area contributed by atoms with Crippen LogP contribution in [-0.2, 0) is 9.59 Å². The zero-order valence-corrected chi connectivity index (χ0v) is 13.7. The summed E-state index contributed by atoms with van der Waals surface area (Å²) in [5.74, 6) is -0.954. The number of aromatic hydroxyl groups is 1. The van der Waals surface area contributed by atoms with Crippen LogP contribution in [0.1, 0.15) is 43.7 Å². The van der Waals surface area contributed by atoms with Gasteiger partial charge in [-0.05, 0) is 30.5 Å². The minimum Gasteiger partial charge on any atom is -0.508 e. The Bertz CT molecular complexity index is 613. The predicted molar refractivity (Wildman–Crippen MR) is 88.6 cm³/mol. The van der Waals surface area contributed by atoms with Crippen LogP contribution in [0.4, 0.5) is 0 Å². The van der Waals surface area contributed by atoms with Crippen LogP contribution in [0.5, 0.6) is 5.75 Å². The topological polar surface area (TPSA) is 81.1 Å². The lowest BCUT2D eigenvalue weighted by atomic mass is 9.93. The summed E-state index contributed by atoms with van der Waals surface area (Å²) in [5.41, 5.74) is 0.501. The average Bonchev–Trinajstić information content (AvgIpc) is 2.56. The van der Waals surface area contributed by atoms with Gasteiger partial charge >= 0.3 is 5.97 Å².